The first-order valence-electron chi connectivity index (χ1n) is 6.38. The fourth-order valence-corrected chi connectivity index (χ4v) is 2.89. The predicted octanol–water partition coefficient (Wildman–Crippen LogP) is 1.50. The highest BCUT2D eigenvalue weighted by molar-refractivity contribution is 7.98. The van der Waals surface area contributed by atoms with E-state index in [0.29, 0.717) is 11.3 Å². The number of thioether (sulfide) groups is 1. The summed E-state index contributed by atoms with van der Waals surface area (Å²) in [5.74, 6) is 0.455. The molecule has 1 aromatic carbocycles. The van der Waals surface area contributed by atoms with E-state index in [1.807, 2.05) is 24.5 Å². The average molecular weight is 280 g/mol. The van der Waals surface area contributed by atoms with Gasteiger partial charge < -0.3 is 15.7 Å². The molecule has 1 aromatic rings. The number of carbonyl (C=O) groups is 1. The molecule has 3 N–H and O–H groups in total. The molecule has 0 aliphatic carbocycles. The number of hydrogen-bond donors (Lipinski definition) is 3. The normalized spacial score (nSPS) is 16.4. The Labute approximate surface area is 118 Å². The Kier molecular flexibility index (Phi) is 4.37. The lowest BCUT2D eigenvalue weighted by Gasteiger charge is -2.22. The molecular weight excluding hydrogens is 260 g/mol. The molecule has 1 amide bonds. The van der Waals surface area contributed by atoms with Gasteiger partial charge in [0.05, 0.1) is 5.60 Å². The first kappa shape index (κ1) is 14.2. The van der Waals surface area contributed by atoms with E-state index in [2.05, 4.69) is 10.6 Å². The summed E-state index contributed by atoms with van der Waals surface area (Å²) in [4.78, 5) is 12.0. The highest BCUT2D eigenvalue weighted by Crippen LogP contribution is 2.23. The Morgan fingerprint density at radius 2 is 2.37 bits per heavy atom. The van der Waals surface area contributed by atoms with Crippen LogP contribution in [0.3, 0.4) is 0 Å². The van der Waals surface area contributed by atoms with E-state index in [9.17, 15) is 9.90 Å². The first-order valence-corrected chi connectivity index (χ1v) is 7.77. The molecule has 0 fully saturated rings. The standard InChI is InChI=1S/C14H20N2O2S/c1-14(18,9-19-2)8-16-13(17)11-4-3-10-5-6-15-12(10)7-11/h3-4,7,15,18H,5-6,8-9H2,1-2H3,(H,16,17). The number of rotatable bonds is 5. The second-order valence-electron chi connectivity index (χ2n) is 5.16. The molecule has 1 heterocycles. The van der Waals surface area contributed by atoms with Crippen molar-refractivity contribution in [2.45, 2.75) is 18.9 Å². The zero-order valence-corrected chi connectivity index (χ0v) is 12.1. The zero-order chi connectivity index (χ0) is 13.9. The third-order valence-electron chi connectivity index (χ3n) is 3.17. The number of fused-ring (bicyclic) bond motifs is 1. The molecule has 0 aromatic heterocycles. The Bertz CT molecular complexity index is 475. The molecule has 19 heavy (non-hydrogen) atoms. The maximum absolute atomic E-state index is 12.0. The molecule has 0 bridgehead atoms. The number of aliphatic hydroxyl groups is 1. The molecular formula is C14H20N2O2S. The number of carbonyl (C=O) groups excluding carboxylic acids is 1. The monoisotopic (exact) mass is 280 g/mol. The van der Waals surface area contributed by atoms with Gasteiger partial charge in [-0.3, -0.25) is 4.79 Å². The Morgan fingerprint density at radius 3 is 3.11 bits per heavy atom. The van der Waals surface area contributed by atoms with Crippen molar-refractivity contribution in [3.8, 4) is 0 Å². The van der Waals surface area contributed by atoms with Crippen LogP contribution in [0.1, 0.15) is 22.8 Å². The van der Waals surface area contributed by atoms with Crippen LogP contribution in [-0.4, -0.2) is 41.7 Å². The summed E-state index contributed by atoms with van der Waals surface area (Å²) in [6.07, 6.45) is 2.95. The number of anilines is 1. The summed E-state index contributed by atoms with van der Waals surface area (Å²) < 4.78 is 0. The Balaban J connectivity index is 1.97. The minimum atomic E-state index is -0.871. The zero-order valence-electron chi connectivity index (χ0n) is 11.3. The van der Waals surface area contributed by atoms with Crippen LogP contribution in [0.4, 0.5) is 5.69 Å². The molecule has 1 aliphatic heterocycles. The second-order valence-corrected chi connectivity index (χ2v) is 6.03. The first-order chi connectivity index (χ1) is 9.02. The largest absolute Gasteiger partial charge is 0.387 e. The number of benzene rings is 1. The van der Waals surface area contributed by atoms with Crippen LogP contribution in [0, 0.1) is 0 Å². The second kappa shape index (κ2) is 5.84. The van der Waals surface area contributed by atoms with E-state index in [1.165, 1.54) is 5.56 Å². The Hall–Kier alpha value is -1.20. The average Bonchev–Trinajstić information content (AvgIpc) is 2.83. The van der Waals surface area contributed by atoms with E-state index in [1.54, 1.807) is 18.7 Å². The van der Waals surface area contributed by atoms with Crippen LogP contribution in [-0.2, 0) is 6.42 Å². The van der Waals surface area contributed by atoms with Gasteiger partial charge in [-0.05, 0) is 37.3 Å². The van der Waals surface area contributed by atoms with Crippen molar-refractivity contribution in [2.75, 3.05) is 30.4 Å². The molecule has 4 nitrogen and oxygen atoms in total. The minimum absolute atomic E-state index is 0.141. The lowest BCUT2D eigenvalue weighted by Crippen LogP contribution is -2.42. The van der Waals surface area contributed by atoms with E-state index >= 15 is 0 Å². The fourth-order valence-electron chi connectivity index (χ4n) is 2.17. The van der Waals surface area contributed by atoms with E-state index < -0.39 is 5.60 Å². The van der Waals surface area contributed by atoms with Crippen molar-refractivity contribution < 1.29 is 9.90 Å². The van der Waals surface area contributed by atoms with Crippen molar-refractivity contribution in [3.05, 3.63) is 29.3 Å². The van der Waals surface area contributed by atoms with Crippen molar-refractivity contribution in [3.63, 3.8) is 0 Å². The molecule has 2 rings (SSSR count). The fraction of sp³-hybridized carbons (Fsp3) is 0.500. The van der Waals surface area contributed by atoms with Crippen molar-refractivity contribution in [1.29, 1.82) is 0 Å². The quantitative estimate of drug-likeness (QED) is 0.765. The van der Waals surface area contributed by atoms with Crippen molar-refractivity contribution >= 4 is 23.4 Å². The van der Waals surface area contributed by atoms with Crippen LogP contribution in [0.2, 0.25) is 0 Å². The summed E-state index contributed by atoms with van der Waals surface area (Å²) in [6.45, 7) is 2.92. The molecule has 5 heteroatoms. The molecule has 1 aliphatic rings. The van der Waals surface area contributed by atoms with E-state index in [4.69, 9.17) is 0 Å². The maximum Gasteiger partial charge on any atom is 0.251 e. The van der Waals surface area contributed by atoms with Gasteiger partial charge >= 0.3 is 0 Å². The molecule has 0 saturated carbocycles. The number of amides is 1. The van der Waals surface area contributed by atoms with Crippen LogP contribution >= 0.6 is 11.8 Å². The van der Waals surface area contributed by atoms with Gasteiger partial charge in [0.25, 0.3) is 5.91 Å². The van der Waals surface area contributed by atoms with Gasteiger partial charge in [-0.1, -0.05) is 6.07 Å². The van der Waals surface area contributed by atoms with Crippen molar-refractivity contribution in [1.82, 2.24) is 5.32 Å². The number of nitrogens with one attached hydrogen (secondary N) is 2. The molecule has 1 unspecified atom stereocenters. The van der Waals surface area contributed by atoms with Crippen LogP contribution in [0.25, 0.3) is 0 Å². The highest BCUT2D eigenvalue weighted by atomic mass is 32.2. The van der Waals surface area contributed by atoms with Crippen molar-refractivity contribution in [2.24, 2.45) is 0 Å². The minimum Gasteiger partial charge on any atom is -0.387 e. The molecule has 1 atom stereocenters. The van der Waals surface area contributed by atoms with E-state index in [-0.39, 0.29) is 12.5 Å². The van der Waals surface area contributed by atoms with Gasteiger partial charge in [-0.25, -0.2) is 0 Å². The van der Waals surface area contributed by atoms with Gasteiger partial charge in [0.15, 0.2) is 0 Å². The predicted molar refractivity (Wildman–Crippen MR) is 80.0 cm³/mol. The third-order valence-corrected chi connectivity index (χ3v) is 4.08. The summed E-state index contributed by atoms with van der Waals surface area (Å²) in [5.41, 5.74) is 2.06. The summed E-state index contributed by atoms with van der Waals surface area (Å²) in [7, 11) is 0. The lowest BCUT2D eigenvalue weighted by atomic mass is 10.1. The van der Waals surface area contributed by atoms with Crippen LogP contribution in [0.15, 0.2) is 18.2 Å². The van der Waals surface area contributed by atoms with Crippen LogP contribution in [0.5, 0.6) is 0 Å². The van der Waals surface area contributed by atoms with Gasteiger partial charge in [0, 0.05) is 30.1 Å². The lowest BCUT2D eigenvalue weighted by molar-refractivity contribution is 0.0725. The molecule has 104 valence electrons. The topological polar surface area (TPSA) is 61.4 Å². The third kappa shape index (κ3) is 3.64. The summed E-state index contributed by atoms with van der Waals surface area (Å²) >= 11 is 1.56. The highest BCUT2D eigenvalue weighted by Gasteiger charge is 2.21. The smallest absolute Gasteiger partial charge is 0.251 e. The Morgan fingerprint density at radius 1 is 1.58 bits per heavy atom. The summed E-state index contributed by atoms with van der Waals surface area (Å²) in [5, 5.41) is 16.1. The molecule has 0 spiro atoms. The van der Waals surface area contributed by atoms with Gasteiger partial charge in [0.2, 0.25) is 0 Å². The number of hydrogen-bond acceptors (Lipinski definition) is 4. The molecule has 0 saturated heterocycles. The van der Waals surface area contributed by atoms with E-state index in [0.717, 1.165) is 18.7 Å². The SMILES string of the molecule is CSCC(C)(O)CNC(=O)c1ccc2c(c1)NCC2. The van der Waals surface area contributed by atoms with Gasteiger partial charge in [0.1, 0.15) is 0 Å². The van der Waals surface area contributed by atoms with Crippen LogP contribution < -0.4 is 10.6 Å². The maximum atomic E-state index is 12.0. The molecule has 0 radical (unpaired) electrons. The van der Waals surface area contributed by atoms with Gasteiger partial charge in [-0.15, -0.1) is 0 Å². The summed E-state index contributed by atoms with van der Waals surface area (Å²) in [6, 6.07) is 5.70. The van der Waals surface area contributed by atoms with Gasteiger partial charge in [-0.2, -0.15) is 11.8 Å².